The minimum absolute atomic E-state index is 0.0728. The second kappa shape index (κ2) is 12.1. The number of ether oxygens (including phenoxy) is 2. The average Bonchev–Trinajstić information content (AvgIpc) is 3.01. The number of methoxy groups -OCH3 is 1. The van der Waals surface area contributed by atoms with Crippen molar-refractivity contribution in [1.82, 2.24) is 19.6 Å². The number of hydrogen-bond acceptors (Lipinski definition) is 7. The highest BCUT2D eigenvalue weighted by atomic mass is 28.3. The molecule has 0 bridgehead atoms. The molecule has 1 aliphatic carbocycles. The van der Waals surface area contributed by atoms with Gasteiger partial charge in [0.1, 0.15) is 18.7 Å². The summed E-state index contributed by atoms with van der Waals surface area (Å²) in [6, 6.07) is -0.337. The number of carbonyl (C=O) groups is 5. The van der Waals surface area contributed by atoms with Crippen molar-refractivity contribution in [2.45, 2.75) is 109 Å². The molecule has 12 heteroatoms. The molecular formula is C27H46N4O7Si. The summed E-state index contributed by atoms with van der Waals surface area (Å²) >= 11 is 0. The number of carbonyl (C=O) groups excluding carboxylic acids is 5. The quantitative estimate of drug-likeness (QED) is 0.153. The molecule has 220 valence electrons. The molecule has 11 nitrogen and oxygen atoms in total. The van der Waals surface area contributed by atoms with Crippen molar-refractivity contribution < 1.29 is 33.4 Å². The first-order valence-electron chi connectivity index (χ1n) is 14.1. The van der Waals surface area contributed by atoms with Crippen LogP contribution in [-0.4, -0.2) is 108 Å². The van der Waals surface area contributed by atoms with Gasteiger partial charge in [0.25, 0.3) is 5.91 Å². The minimum Gasteiger partial charge on any atom is -0.376 e. The van der Waals surface area contributed by atoms with Crippen molar-refractivity contribution >= 4 is 37.9 Å². The molecule has 3 rings (SSSR count). The average molecular weight is 567 g/mol. The van der Waals surface area contributed by atoms with Crippen LogP contribution in [0.2, 0.25) is 25.7 Å². The van der Waals surface area contributed by atoms with Crippen LogP contribution in [0.3, 0.4) is 0 Å². The Morgan fingerprint density at radius 3 is 2.15 bits per heavy atom. The molecule has 0 aromatic rings. The molecule has 2 aliphatic heterocycles. The molecule has 3 fully saturated rings. The first-order valence-corrected chi connectivity index (χ1v) is 17.8. The number of urea groups is 2. The lowest BCUT2D eigenvalue weighted by atomic mass is 9.80. The highest BCUT2D eigenvalue weighted by molar-refractivity contribution is 6.76. The normalized spacial score (nSPS) is 26.3. The molecular weight excluding hydrogens is 520 g/mol. The van der Waals surface area contributed by atoms with E-state index in [2.05, 4.69) is 19.6 Å². The Kier molecular flexibility index (Phi) is 9.65. The van der Waals surface area contributed by atoms with Crippen LogP contribution in [0.15, 0.2) is 0 Å². The second-order valence-corrected chi connectivity index (χ2v) is 18.4. The lowest BCUT2D eigenvalue weighted by Gasteiger charge is -2.46. The van der Waals surface area contributed by atoms with Gasteiger partial charge in [0, 0.05) is 34.4 Å². The minimum atomic E-state index is -1.30. The molecule has 2 heterocycles. The van der Waals surface area contributed by atoms with Crippen molar-refractivity contribution in [3.05, 3.63) is 0 Å². The van der Waals surface area contributed by atoms with Crippen LogP contribution in [0.1, 0.15) is 65.7 Å². The van der Waals surface area contributed by atoms with E-state index in [1.54, 1.807) is 25.9 Å². The van der Waals surface area contributed by atoms with Crippen LogP contribution >= 0.6 is 0 Å². The number of unbranched alkanes of at least 4 members (excludes halogenated alkanes) is 1. The summed E-state index contributed by atoms with van der Waals surface area (Å²) in [6.45, 7) is 13.1. The fourth-order valence-electron chi connectivity index (χ4n) is 5.48. The van der Waals surface area contributed by atoms with Gasteiger partial charge in [0.05, 0.1) is 12.1 Å². The molecule has 3 aliphatic rings. The maximum Gasteiger partial charge on any atom is 0.333 e. The standard InChI is InChI=1S/C27H46N4O7Si/c1-8-9-14-28-21(32)17-22(33)31(25(28)36)20-10-12-27(37-4,13-11-20)18-30-24(35)29(23(34)26(30,2)3)19-38-15-16-39(5,6)7/h20H,8-19H2,1-7H3. The van der Waals surface area contributed by atoms with Crippen LogP contribution < -0.4 is 0 Å². The van der Waals surface area contributed by atoms with E-state index in [1.807, 2.05) is 6.92 Å². The molecule has 2 saturated heterocycles. The van der Waals surface area contributed by atoms with Gasteiger partial charge in [-0.05, 0) is 52.0 Å². The van der Waals surface area contributed by atoms with Gasteiger partial charge in [0.2, 0.25) is 11.8 Å². The first kappa shape index (κ1) is 31.2. The maximum atomic E-state index is 13.4. The zero-order valence-electron chi connectivity index (χ0n) is 24.7. The molecule has 39 heavy (non-hydrogen) atoms. The summed E-state index contributed by atoms with van der Waals surface area (Å²) in [4.78, 5) is 69.9. The molecule has 0 aromatic heterocycles. The Balaban J connectivity index is 1.66. The Labute approximate surface area is 233 Å². The third kappa shape index (κ3) is 6.71. The van der Waals surface area contributed by atoms with E-state index >= 15 is 0 Å². The molecule has 0 aromatic carbocycles. The van der Waals surface area contributed by atoms with Crippen molar-refractivity contribution in [2.24, 2.45) is 0 Å². The zero-order valence-corrected chi connectivity index (χ0v) is 25.7. The number of nitrogens with zero attached hydrogens (tertiary/aromatic N) is 4. The summed E-state index contributed by atoms with van der Waals surface area (Å²) in [7, 11) is 0.293. The number of hydrogen-bond donors (Lipinski definition) is 0. The highest BCUT2D eigenvalue weighted by Crippen LogP contribution is 2.39. The predicted octanol–water partition coefficient (Wildman–Crippen LogP) is 3.65. The van der Waals surface area contributed by atoms with Crippen molar-refractivity contribution in [1.29, 1.82) is 0 Å². The SMILES string of the molecule is CCCCN1C(=O)CC(=O)N(C2CCC(CN3C(=O)N(COCC[Si](C)(C)C)C(=O)C3(C)C)(OC)CC2)C1=O. The summed E-state index contributed by atoms with van der Waals surface area (Å²) in [5, 5.41) is 0. The fraction of sp³-hybridized carbons (Fsp3) is 0.815. The van der Waals surface area contributed by atoms with Crippen molar-refractivity contribution in [3.63, 3.8) is 0 Å². The summed E-state index contributed by atoms with van der Waals surface area (Å²) < 4.78 is 11.7. The maximum absolute atomic E-state index is 13.4. The number of rotatable bonds is 12. The summed E-state index contributed by atoms with van der Waals surface area (Å²) in [6.07, 6.45) is 3.19. The lowest BCUT2D eigenvalue weighted by Crippen LogP contribution is -2.60. The molecule has 0 atom stereocenters. The van der Waals surface area contributed by atoms with Crippen LogP contribution in [0.5, 0.6) is 0 Å². The van der Waals surface area contributed by atoms with Gasteiger partial charge in [-0.1, -0.05) is 33.0 Å². The summed E-state index contributed by atoms with van der Waals surface area (Å²) in [5.41, 5.74) is -1.78. The van der Waals surface area contributed by atoms with Gasteiger partial charge in [-0.2, -0.15) is 0 Å². The third-order valence-corrected chi connectivity index (χ3v) is 9.98. The Morgan fingerprint density at radius 2 is 1.59 bits per heavy atom. The van der Waals surface area contributed by atoms with E-state index in [0.717, 1.165) is 12.5 Å². The third-order valence-electron chi connectivity index (χ3n) is 8.28. The van der Waals surface area contributed by atoms with E-state index in [0.29, 0.717) is 45.3 Å². The molecule has 7 amide bonds. The van der Waals surface area contributed by atoms with Crippen LogP contribution in [0.25, 0.3) is 0 Å². The van der Waals surface area contributed by atoms with Gasteiger partial charge in [-0.25, -0.2) is 14.5 Å². The van der Waals surface area contributed by atoms with Gasteiger partial charge >= 0.3 is 12.1 Å². The first-order chi connectivity index (χ1) is 18.2. The Hall–Kier alpha value is -2.31. The van der Waals surface area contributed by atoms with E-state index in [9.17, 15) is 24.0 Å². The number of amides is 7. The molecule has 0 spiro atoms. The van der Waals surface area contributed by atoms with Gasteiger partial charge in [-0.15, -0.1) is 0 Å². The van der Waals surface area contributed by atoms with Gasteiger partial charge in [-0.3, -0.25) is 24.2 Å². The Morgan fingerprint density at radius 1 is 0.949 bits per heavy atom. The fourth-order valence-corrected chi connectivity index (χ4v) is 6.24. The topological polar surface area (TPSA) is 117 Å². The monoisotopic (exact) mass is 566 g/mol. The Bertz CT molecular complexity index is 972. The van der Waals surface area contributed by atoms with E-state index < -0.39 is 43.1 Å². The largest absolute Gasteiger partial charge is 0.376 e. The van der Waals surface area contributed by atoms with E-state index in [-0.39, 0.29) is 31.6 Å². The number of imide groups is 3. The van der Waals surface area contributed by atoms with Gasteiger partial charge < -0.3 is 14.4 Å². The van der Waals surface area contributed by atoms with E-state index in [4.69, 9.17) is 9.47 Å². The summed E-state index contributed by atoms with van der Waals surface area (Å²) in [5.74, 6) is -1.20. The van der Waals surface area contributed by atoms with Crippen LogP contribution in [-0.2, 0) is 23.9 Å². The van der Waals surface area contributed by atoms with Crippen molar-refractivity contribution in [2.75, 3.05) is 33.5 Å². The molecule has 0 radical (unpaired) electrons. The number of barbiturate groups is 1. The van der Waals surface area contributed by atoms with Crippen molar-refractivity contribution in [3.8, 4) is 0 Å². The molecule has 1 saturated carbocycles. The lowest BCUT2D eigenvalue weighted by molar-refractivity contribution is -0.146. The zero-order chi connectivity index (χ0) is 29.2. The van der Waals surface area contributed by atoms with Crippen LogP contribution in [0.4, 0.5) is 9.59 Å². The molecule has 0 unspecified atom stereocenters. The second-order valence-electron chi connectivity index (χ2n) is 12.7. The highest BCUT2D eigenvalue weighted by Gasteiger charge is 2.54. The van der Waals surface area contributed by atoms with Gasteiger partial charge in [0.15, 0.2) is 0 Å². The predicted molar refractivity (Wildman–Crippen MR) is 147 cm³/mol. The van der Waals surface area contributed by atoms with E-state index in [1.165, 1.54) is 14.7 Å². The smallest absolute Gasteiger partial charge is 0.333 e. The van der Waals surface area contributed by atoms with Crippen LogP contribution in [0, 0.1) is 0 Å². The molecule has 0 N–H and O–H groups in total.